The Morgan fingerprint density at radius 3 is 2.68 bits per heavy atom. The Morgan fingerprint density at radius 1 is 1.08 bits per heavy atom. The number of hydrogen-bond donors (Lipinski definition) is 2. The molecule has 2 aromatic heterocycles. The topological polar surface area (TPSA) is 83.6 Å². The van der Waals surface area contributed by atoms with Crippen LogP contribution in [0.4, 0.5) is 10.3 Å². The number of anilines is 1. The first-order chi connectivity index (χ1) is 12.2. The normalized spacial score (nSPS) is 10.8. The molecule has 0 fully saturated rings. The Labute approximate surface area is 141 Å². The van der Waals surface area contributed by atoms with Gasteiger partial charge in [0, 0.05) is 17.0 Å². The van der Waals surface area contributed by atoms with Crippen LogP contribution in [-0.2, 0) is 0 Å². The fourth-order valence-corrected chi connectivity index (χ4v) is 2.59. The summed E-state index contributed by atoms with van der Waals surface area (Å²) >= 11 is 0. The molecule has 0 spiro atoms. The number of H-pyrrole nitrogens is 1. The molecule has 0 bridgehead atoms. The van der Waals surface area contributed by atoms with Gasteiger partial charge in [-0.25, -0.2) is 14.5 Å². The number of hydrogen-bond acceptors (Lipinski definition) is 4. The number of aromatic amines is 1. The van der Waals surface area contributed by atoms with Crippen molar-refractivity contribution in [3.63, 3.8) is 0 Å². The summed E-state index contributed by atoms with van der Waals surface area (Å²) in [6.07, 6.45) is 1.30. The maximum Gasteiger partial charge on any atom is 0.258 e. The van der Waals surface area contributed by atoms with E-state index in [0.717, 1.165) is 5.56 Å². The number of halogens is 1. The molecule has 0 aliphatic heterocycles. The molecule has 4 aromatic rings. The van der Waals surface area contributed by atoms with E-state index in [4.69, 9.17) is 0 Å². The van der Waals surface area contributed by atoms with E-state index in [9.17, 15) is 9.18 Å². The predicted octanol–water partition coefficient (Wildman–Crippen LogP) is 3.41. The summed E-state index contributed by atoms with van der Waals surface area (Å²) in [5.41, 5.74) is 2.20. The second-order valence-corrected chi connectivity index (χ2v) is 5.37. The van der Waals surface area contributed by atoms with Gasteiger partial charge in [0.15, 0.2) is 0 Å². The fraction of sp³-hybridized carbons (Fsp3) is 0. The van der Waals surface area contributed by atoms with Crippen molar-refractivity contribution >= 4 is 22.8 Å². The predicted molar refractivity (Wildman–Crippen MR) is 91.5 cm³/mol. The summed E-state index contributed by atoms with van der Waals surface area (Å²) in [6.45, 7) is 0. The van der Waals surface area contributed by atoms with Crippen LogP contribution in [0.2, 0.25) is 0 Å². The van der Waals surface area contributed by atoms with Gasteiger partial charge in [0.05, 0.1) is 16.8 Å². The molecule has 0 aliphatic carbocycles. The molecule has 7 heteroatoms. The number of carbonyl (C=O) groups is 1. The van der Waals surface area contributed by atoms with Gasteiger partial charge in [-0.1, -0.05) is 30.3 Å². The lowest BCUT2D eigenvalue weighted by atomic mass is 10.0. The lowest BCUT2D eigenvalue weighted by Gasteiger charge is -2.09. The second-order valence-electron chi connectivity index (χ2n) is 5.37. The Bertz CT molecular complexity index is 1050. The van der Waals surface area contributed by atoms with Gasteiger partial charge < -0.3 is 0 Å². The van der Waals surface area contributed by atoms with Gasteiger partial charge in [0.25, 0.3) is 5.91 Å². The summed E-state index contributed by atoms with van der Waals surface area (Å²) in [5.74, 6) is -0.557. The number of nitrogens with one attached hydrogen (secondary N) is 2. The maximum absolute atomic E-state index is 13.6. The van der Waals surface area contributed by atoms with Gasteiger partial charge in [-0.2, -0.15) is 10.1 Å². The van der Waals surface area contributed by atoms with Crippen LogP contribution in [0.15, 0.2) is 60.9 Å². The summed E-state index contributed by atoms with van der Waals surface area (Å²) in [7, 11) is 0. The van der Waals surface area contributed by atoms with Crippen LogP contribution in [0.5, 0.6) is 0 Å². The van der Waals surface area contributed by atoms with Crippen LogP contribution in [0.25, 0.3) is 22.2 Å². The van der Waals surface area contributed by atoms with Crippen molar-refractivity contribution in [3.05, 3.63) is 72.3 Å². The van der Waals surface area contributed by atoms with E-state index in [1.54, 1.807) is 12.1 Å². The van der Waals surface area contributed by atoms with E-state index in [0.29, 0.717) is 22.2 Å². The number of amides is 1. The van der Waals surface area contributed by atoms with Crippen molar-refractivity contribution in [2.75, 3.05) is 5.32 Å². The summed E-state index contributed by atoms with van der Waals surface area (Å²) in [6, 6.07) is 15.2. The van der Waals surface area contributed by atoms with Crippen molar-refractivity contribution in [1.29, 1.82) is 0 Å². The Hall–Kier alpha value is -3.61. The minimum atomic E-state index is -0.410. The van der Waals surface area contributed by atoms with Gasteiger partial charge in [-0.05, 0) is 18.2 Å². The van der Waals surface area contributed by atoms with E-state index in [1.807, 2.05) is 30.3 Å². The van der Waals surface area contributed by atoms with Gasteiger partial charge in [0.1, 0.15) is 12.1 Å². The van der Waals surface area contributed by atoms with Gasteiger partial charge in [-0.3, -0.25) is 10.1 Å². The van der Waals surface area contributed by atoms with Crippen molar-refractivity contribution in [1.82, 2.24) is 20.2 Å². The monoisotopic (exact) mass is 333 g/mol. The summed E-state index contributed by atoms with van der Waals surface area (Å²) in [4.78, 5) is 21.0. The number of nitrogens with zero attached hydrogens (tertiary/aromatic N) is 3. The van der Waals surface area contributed by atoms with Gasteiger partial charge in [0.2, 0.25) is 5.95 Å². The Balaban J connectivity index is 1.87. The van der Waals surface area contributed by atoms with E-state index in [-0.39, 0.29) is 11.9 Å². The van der Waals surface area contributed by atoms with E-state index < -0.39 is 5.82 Å². The zero-order valence-corrected chi connectivity index (χ0v) is 12.9. The molecule has 25 heavy (non-hydrogen) atoms. The minimum absolute atomic E-state index is 0.235. The molecule has 0 aliphatic rings. The van der Waals surface area contributed by atoms with Crippen LogP contribution in [-0.4, -0.2) is 26.1 Å². The van der Waals surface area contributed by atoms with E-state index >= 15 is 0 Å². The summed E-state index contributed by atoms with van der Waals surface area (Å²) < 4.78 is 13.6. The molecule has 122 valence electrons. The van der Waals surface area contributed by atoms with Crippen molar-refractivity contribution in [3.8, 4) is 11.3 Å². The smallest absolute Gasteiger partial charge is 0.258 e. The third-order valence-corrected chi connectivity index (χ3v) is 3.73. The minimum Gasteiger partial charge on any atom is -0.291 e. The highest BCUT2D eigenvalue weighted by Crippen LogP contribution is 2.26. The SMILES string of the molecule is O=C(Nc1ncn[nH]1)c1cc(-c2ccccc2)nc2cc(F)ccc12. The van der Waals surface area contributed by atoms with Gasteiger partial charge >= 0.3 is 0 Å². The van der Waals surface area contributed by atoms with Crippen LogP contribution in [0, 0.1) is 5.82 Å². The molecule has 1 amide bonds. The Morgan fingerprint density at radius 2 is 1.92 bits per heavy atom. The number of carbonyl (C=O) groups excluding carboxylic acids is 1. The van der Waals surface area contributed by atoms with Crippen LogP contribution in [0.1, 0.15) is 10.4 Å². The first kappa shape index (κ1) is 14.9. The molecule has 0 unspecified atom stereocenters. The molecule has 4 rings (SSSR count). The third kappa shape index (κ3) is 2.94. The first-order valence-corrected chi connectivity index (χ1v) is 7.53. The number of fused-ring (bicyclic) bond motifs is 1. The average Bonchev–Trinajstić information content (AvgIpc) is 3.14. The molecular weight excluding hydrogens is 321 g/mol. The molecule has 0 radical (unpaired) electrons. The largest absolute Gasteiger partial charge is 0.291 e. The second kappa shape index (κ2) is 6.12. The molecule has 0 atom stereocenters. The number of aromatic nitrogens is 4. The number of pyridine rings is 1. The van der Waals surface area contributed by atoms with Crippen LogP contribution in [0.3, 0.4) is 0 Å². The van der Waals surface area contributed by atoms with Crippen LogP contribution < -0.4 is 5.32 Å². The van der Waals surface area contributed by atoms with Crippen molar-refractivity contribution in [2.24, 2.45) is 0 Å². The highest BCUT2D eigenvalue weighted by atomic mass is 19.1. The van der Waals surface area contributed by atoms with Crippen molar-refractivity contribution < 1.29 is 9.18 Å². The summed E-state index contributed by atoms with van der Waals surface area (Å²) in [5, 5.41) is 9.46. The van der Waals surface area contributed by atoms with Crippen molar-refractivity contribution in [2.45, 2.75) is 0 Å². The average molecular weight is 333 g/mol. The molecule has 2 N–H and O–H groups in total. The lowest BCUT2D eigenvalue weighted by Crippen LogP contribution is -2.14. The Kier molecular flexibility index (Phi) is 3.66. The van der Waals surface area contributed by atoms with E-state index in [1.165, 1.54) is 18.5 Å². The molecule has 6 nitrogen and oxygen atoms in total. The molecule has 0 saturated heterocycles. The van der Waals surface area contributed by atoms with E-state index in [2.05, 4.69) is 25.5 Å². The molecular formula is C18H12FN5O. The zero-order chi connectivity index (χ0) is 17.2. The fourth-order valence-electron chi connectivity index (χ4n) is 2.59. The lowest BCUT2D eigenvalue weighted by molar-refractivity contribution is 0.102. The first-order valence-electron chi connectivity index (χ1n) is 7.53. The van der Waals surface area contributed by atoms with Crippen LogP contribution >= 0.6 is 0 Å². The third-order valence-electron chi connectivity index (χ3n) is 3.73. The molecule has 2 heterocycles. The standard InChI is InChI=1S/C18H12FN5O/c19-12-6-7-13-14(17(25)23-18-20-10-21-24-18)9-15(22-16(13)8-12)11-4-2-1-3-5-11/h1-10H,(H2,20,21,23,24,25). The zero-order valence-electron chi connectivity index (χ0n) is 12.9. The van der Waals surface area contributed by atoms with Gasteiger partial charge in [-0.15, -0.1) is 0 Å². The number of benzene rings is 2. The highest BCUT2D eigenvalue weighted by Gasteiger charge is 2.15. The maximum atomic E-state index is 13.6. The molecule has 2 aromatic carbocycles. The number of rotatable bonds is 3. The highest BCUT2D eigenvalue weighted by molar-refractivity contribution is 6.12. The molecule has 0 saturated carbocycles. The quantitative estimate of drug-likeness (QED) is 0.602.